The molecule has 10 heteroatoms. The molecule has 2 heterocycles. The molecule has 10 nitrogen and oxygen atoms in total. The maximum absolute atomic E-state index is 14.3. The Morgan fingerprint density at radius 2 is 1.12 bits per heavy atom. The lowest BCUT2D eigenvalue weighted by Crippen LogP contribution is -2.61. The zero-order chi connectivity index (χ0) is 30.1. The highest BCUT2D eigenvalue weighted by molar-refractivity contribution is 6.02. The van der Waals surface area contributed by atoms with Crippen LogP contribution in [0.4, 0.5) is 21.0 Å². The smallest absolute Gasteiger partial charge is 0.330 e. The van der Waals surface area contributed by atoms with Crippen LogP contribution in [0.25, 0.3) is 21.8 Å². The van der Waals surface area contributed by atoms with E-state index in [-0.39, 0.29) is 41.4 Å². The van der Waals surface area contributed by atoms with Gasteiger partial charge in [-0.15, -0.1) is 0 Å². The number of anilines is 2. The summed E-state index contributed by atoms with van der Waals surface area (Å²) >= 11 is 0. The summed E-state index contributed by atoms with van der Waals surface area (Å²) in [5.41, 5.74) is 0.0545. The van der Waals surface area contributed by atoms with Gasteiger partial charge in [-0.05, 0) is 48.5 Å². The van der Waals surface area contributed by atoms with E-state index in [1.807, 2.05) is 36.4 Å². The largest absolute Gasteiger partial charge is 0.480 e. The van der Waals surface area contributed by atoms with Crippen LogP contribution in [0.3, 0.4) is 0 Å². The Labute approximate surface area is 245 Å². The number of fused-ring (bicyclic) bond motifs is 2. The fourth-order valence-corrected chi connectivity index (χ4v) is 5.49. The number of carboxylic acid groups (broad SMARTS) is 1. The number of hydrogen-bond donors (Lipinski definition) is 1. The Hall–Kier alpha value is -5.77. The molecule has 4 aromatic carbocycles. The maximum atomic E-state index is 14.3. The molecule has 1 saturated heterocycles. The molecule has 0 aliphatic carbocycles. The molecule has 1 atom stereocenters. The second-order valence-electron chi connectivity index (χ2n) is 10.1. The van der Waals surface area contributed by atoms with E-state index in [0.717, 1.165) is 0 Å². The average molecular weight is 575 g/mol. The van der Waals surface area contributed by atoms with Gasteiger partial charge in [0.15, 0.2) is 0 Å². The van der Waals surface area contributed by atoms with Crippen molar-refractivity contribution in [2.24, 2.45) is 0 Å². The number of aromatic nitrogens is 1. The van der Waals surface area contributed by atoms with Crippen LogP contribution in [0.2, 0.25) is 0 Å². The lowest BCUT2D eigenvalue weighted by Gasteiger charge is -2.41. The zero-order valence-corrected chi connectivity index (χ0v) is 22.9. The summed E-state index contributed by atoms with van der Waals surface area (Å²) in [6, 6.07) is 28.0. The molecule has 214 valence electrons. The molecule has 1 aromatic heterocycles. The monoisotopic (exact) mass is 574 g/mol. The van der Waals surface area contributed by atoms with Gasteiger partial charge in [0.2, 0.25) is 10.9 Å². The Balaban J connectivity index is 1.41. The molecular weight excluding hydrogens is 548 g/mol. The Bertz CT molecular complexity index is 1880. The van der Waals surface area contributed by atoms with Crippen LogP contribution in [0.5, 0.6) is 0 Å². The summed E-state index contributed by atoms with van der Waals surface area (Å²) < 4.78 is 1.22. The van der Waals surface area contributed by atoms with Crippen LogP contribution in [0.1, 0.15) is 0 Å². The molecule has 5 aromatic rings. The van der Waals surface area contributed by atoms with Gasteiger partial charge in [-0.25, -0.2) is 14.4 Å². The molecular formula is C33H26N4O6. The van der Waals surface area contributed by atoms with Gasteiger partial charge >= 0.3 is 18.0 Å². The van der Waals surface area contributed by atoms with Gasteiger partial charge in [0.25, 0.3) is 0 Å². The molecule has 6 rings (SSSR count). The summed E-state index contributed by atoms with van der Waals surface area (Å²) in [5, 5.41) is 10.4. The van der Waals surface area contributed by atoms with Gasteiger partial charge in [0.1, 0.15) is 6.04 Å². The van der Waals surface area contributed by atoms with Crippen molar-refractivity contribution < 1.29 is 19.5 Å². The summed E-state index contributed by atoms with van der Waals surface area (Å²) in [6.07, 6.45) is 0. The Morgan fingerprint density at radius 3 is 1.60 bits per heavy atom. The van der Waals surface area contributed by atoms with E-state index in [4.69, 9.17) is 0 Å². The van der Waals surface area contributed by atoms with Gasteiger partial charge in [0.05, 0.1) is 39.7 Å². The van der Waals surface area contributed by atoms with Gasteiger partial charge in [-0.1, -0.05) is 60.7 Å². The molecule has 1 fully saturated rings. The molecule has 3 amide bonds. The number of carbonyl (C=O) groups excluding carboxylic acids is 2. The minimum atomic E-state index is -1.40. The minimum absolute atomic E-state index is 0.0408. The highest BCUT2D eigenvalue weighted by atomic mass is 16.4. The number of benzene rings is 4. The third kappa shape index (κ3) is 4.88. The summed E-state index contributed by atoms with van der Waals surface area (Å²) in [7, 11) is 0. The van der Waals surface area contributed by atoms with E-state index < -0.39 is 34.9 Å². The molecule has 0 unspecified atom stereocenters. The number of aliphatic carboxylic acids is 1. The Kier molecular flexibility index (Phi) is 7.17. The second-order valence-corrected chi connectivity index (χ2v) is 10.1. The highest BCUT2D eigenvalue weighted by Gasteiger charge is 2.39. The van der Waals surface area contributed by atoms with E-state index in [0.29, 0.717) is 11.4 Å². The standard InChI is InChI=1S/C33H26N4O6/c38-29-24-15-7-9-17-26(24)37(27-18-10-8-16-25(27)30(29)39)33(43)35-20-19-34(21-28(35)31(40)41)32(42)36(22-11-3-1-4-12-22)23-13-5-2-6-14-23/h1-18,28H,19-21H2,(H,40,41)/t28-/m0/s1. The third-order valence-electron chi connectivity index (χ3n) is 7.58. The summed E-state index contributed by atoms with van der Waals surface area (Å²) in [4.78, 5) is 71.1. The van der Waals surface area contributed by atoms with Gasteiger partial charge in [-0.3, -0.25) is 19.1 Å². The van der Waals surface area contributed by atoms with Gasteiger partial charge < -0.3 is 14.9 Å². The van der Waals surface area contributed by atoms with Crippen LogP contribution in [-0.4, -0.2) is 63.2 Å². The Morgan fingerprint density at radius 1 is 0.651 bits per heavy atom. The SMILES string of the molecule is O=C(O)[C@@H]1CN(C(=O)N(c2ccccc2)c2ccccc2)CCN1C(=O)n1c2ccccc2c(=O)c(=O)c2ccccc21. The van der Waals surface area contributed by atoms with E-state index in [1.54, 1.807) is 60.7 Å². The first-order valence-corrected chi connectivity index (χ1v) is 13.7. The van der Waals surface area contributed by atoms with Crippen molar-refractivity contribution in [3.63, 3.8) is 0 Å². The summed E-state index contributed by atoms with van der Waals surface area (Å²) in [5.74, 6) is -1.29. The van der Waals surface area contributed by atoms with E-state index in [2.05, 4.69) is 0 Å². The number of carbonyl (C=O) groups is 3. The average Bonchev–Trinajstić information content (AvgIpc) is 3.14. The zero-order valence-electron chi connectivity index (χ0n) is 22.9. The molecule has 0 saturated carbocycles. The fourth-order valence-electron chi connectivity index (χ4n) is 5.49. The molecule has 0 radical (unpaired) electrons. The van der Waals surface area contributed by atoms with Crippen molar-refractivity contribution in [2.75, 3.05) is 24.5 Å². The first kappa shape index (κ1) is 27.4. The molecule has 0 spiro atoms. The maximum Gasteiger partial charge on any atom is 0.330 e. The van der Waals surface area contributed by atoms with Gasteiger partial charge in [-0.2, -0.15) is 0 Å². The number of para-hydroxylation sites is 4. The molecule has 0 bridgehead atoms. The highest BCUT2D eigenvalue weighted by Crippen LogP contribution is 2.28. The van der Waals surface area contributed by atoms with Crippen LogP contribution in [0, 0.1) is 0 Å². The second kappa shape index (κ2) is 11.2. The van der Waals surface area contributed by atoms with Crippen molar-refractivity contribution in [1.29, 1.82) is 0 Å². The van der Waals surface area contributed by atoms with Crippen LogP contribution in [-0.2, 0) is 4.79 Å². The van der Waals surface area contributed by atoms with Crippen LogP contribution < -0.4 is 15.8 Å². The normalized spacial score (nSPS) is 14.9. The van der Waals surface area contributed by atoms with Gasteiger partial charge in [0, 0.05) is 13.1 Å². The predicted octanol–water partition coefficient (Wildman–Crippen LogP) is 4.51. The number of rotatable bonds is 3. The summed E-state index contributed by atoms with van der Waals surface area (Å²) in [6.45, 7) is -0.313. The third-order valence-corrected chi connectivity index (χ3v) is 7.58. The quantitative estimate of drug-likeness (QED) is 0.317. The first-order valence-electron chi connectivity index (χ1n) is 13.7. The minimum Gasteiger partial charge on any atom is -0.480 e. The molecule has 1 aliphatic rings. The van der Waals surface area contributed by atoms with Crippen molar-refractivity contribution in [1.82, 2.24) is 14.4 Å². The molecule has 43 heavy (non-hydrogen) atoms. The lowest BCUT2D eigenvalue weighted by atomic mass is 10.1. The van der Waals surface area contributed by atoms with Crippen molar-refractivity contribution in [3.05, 3.63) is 130 Å². The number of urea groups is 1. The van der Waals surface area contributed by atoms with Crippen molar-refractivity contribution >= 4 is 51.2 Å². The van der Waals surface area contributed by atoms with Crippen LogP contribution >= 0.6 is 0 Å². The van der Waals surface area contributed by atoms with Crippen molar-refractivity contribution in [2.45, 2.75) is 6.04 Å². The predicted molar refractivity (Wildman–Crippen MR) is 163 cm³/mol. The van der Waals surface area contributed by atoms with E-state index in [9.17, 15) is 29.1 Å². The molecule has 1 aliphatic heterocycles. The number of nitrogens with zero attached hydrogens (tertiary/aromatic N) is 4. The van der Waals surface area contributed by atoms with E-state index >= 15 is 0 Å². The number of hydrogen-bond acceptors (Lipinski definition) is 5. The van der Waals surface area contributed by atoms with E-state index in [1.165, 1.54) is 31.4 Å². The fraction of sp³-hybridized carbons (Fsp3) is 0.121. The number of piperazine rings is 1. The lowest BCUT2D eigenvalue weighted by molar-refractivity contribution is -0.143. The molecule has 1 N–H and O–H groups in total. The van der Waals surface area contributed by atoms with Crippen molar-refractivity contribution in [3.8, 4) is 0 Å². The number of carboxylic acids is 1. The number of amides is 3. The topological polar surface area (TPSA) is 120 Å². The first-order chi connectivity index (χ1) is 20.9. The van der Waals surface area contributed by atoms with Crippen LogP contribution in [0.15, 0.2) is 119 Å².